The Morgan fingerprint density at radius 1 is 1.21 bits per heavy atom. The quantitative estimate of drug-likeness (QED) is 0.645. The van der Waals surface area contributed by atoms with Crippen LogP contribution in [0.4, 0.5) is 0 Å². The van der Waals surface area contributed by atoms with Gasteiger partial charge in [0.25, 0.3) is 0 Å². The van der Waals surface area contributed by atoms with Crippen LogP contribution in [0.5, 0.6) is 5.88 Å². The first-order valence-electron chi connectivity index (χ1n) is 4.16. The van der Waals surface area contributed by atoms with E-state index < -0.39 is 0 Å². The van der Waals surface area contributed by atoms with Gasteiger partial charge in [0.2, 0.25) is 5.88 Å². The Morgan fingerprint density at radius 2 is 1.93 bits per heavy atom. The molecule has 0 aliphatic carbocycles. The van der Waals surface area contributed by atoms with Gasteiger partial charge >= 0.3 is 0 Å². The maximum Gasteiger partial charge on any atom is 0.241 e. The molecule has 0 amide bonds. The zero-order valence-electron chi connectivity index (χ0n) is 8.10. The Hall–Kier alpha value is -1.90. The number of fused-ring (bicyclic) bond motifs is 1. The zero-order valence-corrected chi connectivity index (χ0v) is 8.10. The fourth-order valence-electron chi connectivity index (χ4n) is 1.15. The molecule has 2 aromatic rings. The minimum absolute atomic E-state index is 0.577. The largest absolute Gasteiger partial charge is 0.479 e. The number of aromatic nitrogens is 2. The third kappa shape index (κ3) is 1.88. The van der Waals surface area contributed by atoms with Crippen molar-refractivity contribution in [3.63, 3.8) is 0 Å². The van der Waals surface area contributed by atoms with Crippen LogP contribution in [0.3, 0.4) is 0 Å². The maximum absolute atomic E-state index is 5.05. The minimum atomic E-state index is 0.577. The van der Waals surface area contributed by atoms with Gasteiger partial charge in [-0.3, -0.25) is 0 Å². The fraction of sp³-hybridized carbons (Fsp3) is 0.0909. The van der Waals surface area contributed by atoms with E-state index in [0.717, 1.165) is 10.8 Å². The molecule has 1 aromatic carbocycles. The lowest BCUT2D eigenvalue weighted by atomic mass is 10.2. The molecule has 0 saturated heterocycles. The zero-order chi connectivity index (χ0) is 10.4. The summed E-state index contributed by atoms with van der Waals surface area (Å²) in [4.78, 5) is 0. The number of rotatable bonds is 1. The Morgan fingerprint density at radius 3 is 2.64 bits per heavy atom. The predicted molar refractivity (Wildman–Crippen MR) is 57.3 cm³/mol. The minimum Gasteiger partial charge on any atom is -0.479 e. The summed E-state index contributed by atoms with van der Waals surface area (Å²) in [6, 6.07) is 7.85. The smallest absolute Gasteiger partial charge is 0.241 e. The SMILES string of the molecule is C=C.COc1nncc2ccccc12. The number of ether oxygens (including phenoxy) is 1. The molecule has 0 spiro atoms. The van der Waals surface area contributed by atoms with Gasteiger partial charge in [-0.25, -0.2) is 0 Å². The summed E-state index contributed by atoms with van der Waals surface area (Å²) in [5, 5.41) is 9.70. The van der Waals surface area contributed by atoms with Gasteiger partial charge < -0.3 is 4.74 Å². The lowest BCUT2D eigenvalue weighted by molar-refractivity contribution is 0.398. The van der Waals surface area contributed by atoms with E-state index in [0.29, 0.717) is 5.88 Å². The van der Waals surface area contributed by atoms with E-state index >= 15 is 0 Å². The number of benzene rings is 1. The van der Waals surface area contributed by atoms with E-state index in [9.17, 15) is 0 Å². The molecular weight excluding hydrogens is 176 g/mol. The molecule has 0 bridgehead atoms. The van der Waals surface area contributed by atoms with E-state index in [1.165, 1.54) is 0 Å². The summed E-state index contributed by atoms with van der Waals surface area (Å²) >= 11 is 0. The molecule has 0 aliphatic rings. The van der Waals surface area contributed by atoms with Crippen molar-refractivity contribution in [2.45, 2.75) is 0 Å². The Bertz CT molecular complexity index is 409. The van der Waals surface area contributed by atoms with Gasteiger partial charge in [0.15, 0.2) is 0 Å². The van der Waals surface area contributed by atoms with Gasteiger partial charge in [-0.2, -0.15) is 5.10 Å². The van der Waals surface area contributed by atoms with Crippen molar-refractivity contribution in [2.24, 2.45) is 0 Å². The van der Waals surface area contributed by atoms with E-state index in [1.807, 2.05) is 24.3 Å². The molecule has 3 nitrogen and oxygen atoms in total. The third-order valence-electron chi connectivity index (χ3n) is 1.73. The summed E-state index contributed by atoms with van der Waals surface area (Å²) in [5.41, 5.74) is 0. The van der Waals surface area contributed by atoms with Crippen LogP contribution < -0.4 is 4.74 Å². The van der Waals surface area contributed by atoms with Crippen molar-refractivity contribution >= 4 is 10.8 Å². The fourth-order valence-corrected chi connectivity index (χ4v) is 1.15. The molecule has 3 heteroatoms. The van der Waals surface area contributed by atoms with Crippen LogP contribution in [-0.4, -0.2) is 17.3 Å². The highest BCUT2D eigenvalue weighted by atomic mass is 16.5. The lowest BCUT2D eigenvalue weighted by Gasteiger charge is -2.00. The number of methoxy groups -OCH3 is 1. The van der Waals surface area contributed by atoms with Crippen molar-refractivity contribution in [3.05, 3.63) is 43.6 Å². The monoisotopic (exact) mass is 188 g/mol. The maximum atomic E-state index is 5.05. The summed E-state index contributed by atoms with van der Waals surface area (Å²) in [7, 11) is 1.59. The van der Waals surface area contributed by atoms with E-state index in [1.54, 1.807) is 13.3 Å². The molecule has 0 N–H and O–H groups in total. The topological polar surface area (TPSA) is 35.0 Å². The highest BCUT2D eigenvalue weighted by molar-refractivity contribution is 5.85. The van der Waals surface area contributed by atoms with Crippen LogP contribution in [-0.2, 0) is 0 Å². The number of nitrogens with zero attached hydrogens (tertiary/aromatic N) is 2. The van der Waals surface area contributed by atoms with Gasteiger partial charge in [0.1, 0.15) is 0 Å². The van der Waals surface area contributed by atoms with Gasteiger partial charge in [0, 0.05) is 10.8 Å². The Kier molecular flexibility index (Phi) is 3.61. The van der Waals surface area contributed by atoms with Crippen molar-refractivity contribution in [1.82, 2.24) is 10.2 Å². The molecule has 0 aliphatic heterocycles. The van der Waals surface area contributed by atoms with Gasteiger partial charge in [0.05, 0.1) is 13.3 Å². The highest BCUT2D eigenvalue weighted by Gasteiger charge is 2.00. The second-order valence-electron chi connectivity index (χ2n) is 2.44. The Balaban J connectivity index is 0.000000461. The average molecular weight is 188 g/mol. The average Bonchev–Trinajstić information content (AvgIpc) is 2.31. The molecule has 72 valence electrons. The number of hydrogen-bond acceptors (Lipinski definition) is 3. The normalized spacial score (nSPS) is 8.93. The number of hydrogen-bond donors (Lipinski definition) is 0. The van der Waals surface area contributed by atoms with Crippen LogP contribution in [0.15, 0.2) is 43.6 Å². The molecule has 2 rings (SSSR count). The summed E-state index contributed by atoms with van der Waals surface area (Å²) in [6.07, 6.45) is 1.72. The molecule has 0 atom stereocenters. The van der Waals surface area contributed by atoms with Crippen LogP contribution in [0.2, 0.25) is 0 Å². The summed E-state index contributed by atoms with van der Waals surface area (Å²) in [6.45, 7) is 6.00. The molecule has 0 fully saturated rings. The summed E-state index contributed by atoms with van der Waals surface area (Å²) in [5.74, 6) is 0.577. The van der Waals surface area contributed by atoms with Crippen molar-refractivity contribution in [3.8, 4) is 5.88 Å². The highest BCUT2D eigenvalue weighted by Crippen LogP contribution is 2.20. The lowest BCUT2D eigenvalue weighted by Crippen LogP contribution is -1.90. The molecule has 14 heavy (non-hydrogen) atoms. The Labute approximate surface area is 83.0 Å². The first kappa shape index (κ1) is 10.2. The van der Waals surface area contributed by atoms with Crippen LogP contribution in [0.25, 0.3) is 10.8 Å². The molecule has 1 aromatic heterocycles. The van der Waals surface area contributed by atoms with Crippen molar-refractivity contribution in [1.29, 1.82) is 0 Å². The third-order valence-corrected chi connectivity index (χ3v) is 1.73. The van der Waals surface area contributed by atoms with Gasteiger partial charge in [-0.1, -0.05) is 18.2 Å². The second kappa shape index (κ2) is 4.97. The van der Waals surface area contributed by atoms with E-state index in [2.05, 4.69) is 23.4 Å². The molecule has 1 heterocycles. The summed E-state index contributed by atoms with van der Waals surface area (Å²) < 4.78 is 5.05. The standard InChI is InChI=1S/C9H8N2O.C2H4/c1-12-9-8-5-3-2-4-7(8)6-10-11-9;1-2/h2-6H,1H3;1-2H2. The van der Waals surface area contributed by atoms with Crippen molar-refractivity contribution in [2.75, 3.05) is 7.11 Å². The van der Waals surface area contributed by atoms with Crippen LogP contribution in [0, 0.1) is 0 Å². The van der Waals surface area contributed by atoms with Crippen LogP contribution >= 0.6 is 0 Å². The van der Waals surface area contributed by atoms with Crippen LogP contribution in [0.1, 0.15) is 0 Å². The molecule has 0 unspecified atom stereocenters. The van der Waals surface area contributed by atoms with E-state index in [-0.39, 0.29) is 0 Å². The molecule has 0 radical (unpaired) electrons. The molecular formula is C11H12N2O. The van der Waals surface area contributed by atoms with Gasteiger partial charge in [-0.05, 0) is 6.07 Å². The first-order chi connectivity index (χ1) is 6.92. The van der Waals surface area contributed by atoms with Gasteiger partial charge in [-0.15, -0.1) is 18.3 Å². The second-order valence-corrected chi connectivity index (χ2v) is 2.44. The molecule has 0 saturated carbocycles. The van der Waals surface area contributed by atoms with E-state index in [4.69, 9.17) is 4.74 Å². The first-order valence-corrected chi connectivity index (χ1v) is 4.16. The van der Waals surface area contributed by atoms with Crippen molar-refractivity contribution < 1.29 is 4.74 Å². The predicted octanol–water partition coefficient (Wildman–Crippen LogP) is 2.44.